The molecule has 4 aromatic rings. The fraction of sp³-hybridized carbons (Fsp3) is 0.415. The molecule has 52 heavy (non-hydrogen) atoms. The summed E-state index contributed by atoms with van der Waals surface area (Å²) in [6.07, 6.45) is 1.87. The van der Waals surface area contributed by atoms with E-state index in [0.29, 0.717) is 38.8 Å². The average Bonchev–Trinajstić information content (AvgIpc) is 3.14. The van der Waals surface area contributed by atoms with E-state index in [4.69, 9.17) is 19.2 Å². The van der Waals surface area contributed by atoms with Gasteiger partial charge in [-0.3, -0.25) is 9.78 Å². The molecule has 0 aliphatic carbocycles. The Bertz CT molecular complexity index is 1730. The Morgan fingerprint density at radius 3 is 2.02 bits per heavy atom. The summed E-state index contributed by atoms with van der Waals surface area (Å²) in [4.78, 5) is 43.1. The van der Waals surface area contributed by atoms with E-state index < -0.39 is 18.2 Å². The van der Waals surface area contributed by atoms with Crippen molar-refractivity contribution in [2.75, 3.05) is 25.5 Å². The Hall–Kier alpha value is -5.32. The number of methoxy groups -OCH3 is 1. The topological polar surface area (TPSA) is 140 Å². The van der Waals surface area contributed by atoms with Crippen molar-refractivity contribution >= 4 is 34.7 Å². The predicted octanol–water partition coefficient (Wildman–Crippen LogP) is 7.63. The molecule has 1 aromatic heterocycles. The summed E-state index contributed by atoms with van der Waals surface area (Å²) in [7, 11) is 1.65. The van der Waals surface area contributed by atoms with Crippen LogP contribution in [-0.2, 0) is 32.9 Å². The third-order valence-electron chi connectivity index (χ3n) is 8.51. The SMILES string of the molecule is COc1cc(NC(C)CCCNC(=O)C(CCCCNC(=O)OCc2ccccc2)NC(=O)OCc2ccccc2)c2nc(C(C)(C)C)ccc2c1. The third kappa shape index (κ3) is 13.1. The van der Waals surface area contributed by atoms with Gasteiger partial charge in [-0.2, -0.15) is 0 Å². The van der Waals surface area contributed by atoms with E-state index in [1.807, 2.05) is 72.8 Å². The van der Waals surface area contributed by atoms with Crippen LogP contribution in [-0.4, -0.2) is 55.4 Å². The molecule has 0 radical (unpaired) electrons. The monoisotopic (exact) mass is 711 g/mol. The Labute approximate surface area is 307 Å². The number of anilines is 1. The van der Waals surface area contributed by atoms with E-state index in [1.165, 1.54) is 0 Å². The van der Waals surface area contributed by atoms with Crippen molar-refractivity contribution < 1.29 is 28.6 Å². The minimum atomic E-state index is -0.796. The minimum absolute atomic E-state index is 0.0843. The van der Waals surface area contributed by atoms with E-state index in [9.17, 15) is 14.4 Å². The van der Waals surface area contributed by atoms with Gasteiger partial charge >= 0.3 is 12.2 Å². The molecule has 2 atom stereocenters. The van der Waals surface area contributed by atoms with Crippen molar-refractivity contribution in [2.24, 2.45) is 0 Å². The van der Waals surface area contributed by atoms with Crippen LogP contribution >= 0.6 is 0 Å². The van der Waals surface area contributed by atoms with Crippen LogP contribution in [0.15, 0.2) is 84.9 Å². The van der Waals surface area contributed by atoms with Gasteiger partial charge in [0.2, 0.25) is 5.91 Å². The highest BCUT2D eigenvalue weighted by molar-refractivity contribution is 5.92. The Kier molecular flexibility index (Phi) is 15.1. The number of amides is 3. The highest BCUT2D eigenvalue weighted by atomic mass is 16.6. The Balaban J connectivity index is 1.26. The van der Waals surface area contributed by atoms with Crippen LogP contribution in [0.1, 0.15) is 76.6 Å². The fourth-order valence-electron chi connectivity index (χ4n) is 5.55. The molecular formula is C41H53N5O6. The molecule has 0 saturated carbocycles. The number of carbonyl (C=O) groups is 3. The normalized spacial score (nSPS) is 12.3. The van der Waals surface area contributed by atoms with Crippen LogP contribution < -0.4 is 26.0 Å². The fourth-order valence-corrected chi connectivity index (χ4v) is 5.55. The van der Waals surface area contributed by atoms with Crippen LogP contribution in [0.3, 0.4) is 0 Å². The molecule has 0 bridgehead atoms. The molecule has 0 saturated heterocycles. The summed E-state index contributed by atoms with van der Waals surface area (Å²) in [5.41, 5.74) is 4.45. The zero-order chi connectivity index (χ0) is 37.3. The maximum atomic E-state index is 13.3. The van der Waals surface area contributed by atoms with Crippen molar-refractivity contribution in [3.8, 4) is 5.75 Å². The summed E-state index contributed by atoms with van der Waals surface area (Å²) in [6.45, 7) is 9.62. The molecule has 3 amide bonds. The van der Waals surface area contributed by atoms with Crippen molar-refractivity contribution in [1.29, 1.82) is 0 Å². The molecule has 3 aromatic carbocycles. The largest absolute Gasteiger partial charge is 0.497 e. The Morgan fingerprint density at radius 2 is 1.38 bits per heavy atom. The molecule has 4 N–H and O–H groups in total. The van der Waals surface area contributed by atoms with Crippen LogP contribution in [0.25, 0.3) is 10.9 Å². The zero-order valence-corrected chi connectivity index (χ0v) is 31.0. The molecular weight excluding hydrogens is 658 g/mol. The summed E-state index contributed by atoms with van der Waals surface area (Å²) in [6, 6.07) is 26.2. The van der Waals surface area contributed by atoms with Crippen LogP contribution in [0.5, 0.6) is 5.75 Å². The summed E-state index contributed by atoms with van der Waals surface area (Å²) < 4.78 is 16.2. The number of benzene rings is 3. The highest BCUT2D eigenvalue weighted by Gasteiger charge is 2.22. The number of nitrogens with zero attached hydrogens (tertiary/aromatic N) is 1. The molecule has 11 heteroatoms. The second-order valence-corrected chi connectivity index (χ2v) is 13.9. The molecule has 0 aliphatic rings. The molecule has 11 nitrogen and oxygen atoms in total. The van der Waals surface area contributed by atoms with Crippen LogP contribution in [0, 0.1) is 0 Å². The van der Waals surface area contributed by atoms with Crippen molar-refractivity contribution in [3.63, 3.8) is 0 Å². The average molecular weight is 712 g/mol. The maximum Gasteiger partial charge on any atom is 0.408 e. The first kappa shape index (κ1) is 39.5. The molecule has 0 fully saturated rings. The predicted molar refractivity (Wildman–Crippen MR) is 204 cm³/mol. The second-order valence-electron chi connectivity index (χ2n) is 13.9. The van der Waals surface area contributed by atoms with Crippen LogP contribution in [0.4, 0.5) is 15.3 Å². The quantitative estimate of drug-likeness (QED) is 0.0773. The van der Waals surface area contributed by atoms with E-state index in [1.54, 1.807) is 7.11 Å². The zero-order valence-electron chi connectivity index (χ0n) is 31.0. The standard InChI is InChI=1S/C41H53N5O6/c1-29(44-35-26-33(50-5)25-32-21-22-36(41(2,3)4)46-37(32)35)15-14-24-42-38(47)34(45-40(49)52-28-31-18-10-7-11-19-31)20-12-13-23-43-39(48)51-27-30-16-8-6-9-17-30/h6-11,16-19,21-22,25-26,29,34,44H,12-15,20,23-24,27-28H2,1-5H3,(H,42,47)(H,43,48)(H,45,49). The number of alkyl carbamates (subject to hydrolysis) is 2. The van der Waals surface area contributed by atoms with Gasteiger partial charge in [0.25, 0.3) is 0 Å². The van der Waals surface area contributed by atoms with Crippen molar-refractivity contribution in [3.05, 3.63) is 102 Å². The maximum absolute atomic E-state index is 13.3. The van der Waals surface area contributed by atoms with Crippen molar-refractivity contribution in [1.82, 2.24) is 20.9 Å². The van der Waals surface area contributed by atoms with Gasteiger partial charge in [0.1, 0.15) is 25.0 Å². The first-order chi connectivity index (χ1) is 25.0. The minimum Gasteiger partial charge on any atom is -0.497 e. The third-order valence-corrected chi connectivity index (χ3v) is 8.51. The molecule has 4 rings (SSSR count). The van der Waals surface area contributed by atoms with E-state index in [0.717, 1.165) is 45.6 Å². The molecule has 0 spiro atoms. The summed E-state index contributed by atoms with van der Waals surface area (Å²) >= 11 is 0. The number of ether oxygens (including phenoxy) is 3. The van der Waals surface area contributed by atoms with Gasteiger partial charge in [-0.05, 0) is 62.3 Å². The van der Waals surface area contributed by atoms with Gasteiger partial charge in [0.05, 0.1) is 18.3 Å². The number of pyridine rings is 1. The lowest BCUT2D eigenvalue weighted by atomic mass is 9.91. The van der Waals surface area contributed by atoms with Crippen molar-refractivity contribution in [2.45, 2.75) is 90.5 Å². The number of hydrogen-bond acceptors (Lipinski definition) is 8. The van der Waals surface area contributed by atoms with Gasteiger partial charge in [0.15, 0.2) is 0 Å². The van der Waals surface area contributed by atoms with Gasteiger partial charge in [-0.1, -0.05) is 87.5 Å². The Morgan fingerprint density at radius 1 is 0.750 bits per heavy atom. The first-order valence-corrected chi connectivity index (χ1v) is 18.0. The molecule has 1 heterocycles. The number of rotatable bonds is 18. The van der Waals surface area contributed by atoms with Crippen LogP contribution in [0.2, 0.25) is 0 Å². The lowest BCUT2D eigenvalue weighted by Gasteiger charge is -2.21. The van der Waals surface area contributed by atoms with E-state index >= 15 is 0 Å². The van der Waals surface area contributed by atoms with E-state index in [2.05, 4.69) is 61.1 Å². The number of hydrogen-bond donors (Lipinski definition) is 4. The van der Waals surface area contributed by atoms with Gasteiger partial charge < -0.3 is 35.5 Å². The number of nitrogens with one attached hydrogen (secondary N) is 4. The number of unbranched alkanes of at least 4 members (excludes halogenated alkanes) is 1. The van der Waals surface area contributed by atoms with Gasteiger partial charge in [-0.15, -0.1) is 0 Å². The number of fused-ring (bicyclic) bond motifs is 1. The lowest BCUT2D eigenvalue weighted by molar-refractivity contribution is -0.123. The molecule has 2 unspecified atom stereocenters. The number of aromatic nitrogens is 1. The van der Waals surface area contributed by atoms with Gasteiger partial charge in [-0.25, -0.2) is 9.59 Å². The molecule has 278 valence electrons. The summed E-state index contributed by atoms with van der Waals surface area (Å²) in [5.74, 6) is 0.463. The number of carbonyl (C=O) groups excluding carboxylic acids is 3. The molecule has 0 aliphatic heterocycles. The van der Waals surface area contributed by atoms with Gasteiger partial charge in [0, 0.05) is 41.7 Å². The highest BCUT2D eigenvalue weighted by Crippen LogP contribution is 2.31. The first-order valence-electron chi connectivity index (χ1n) is 18.0. The van der Waals surface area contributed by atoms with E-state index in [-0.39, 0.29) is 30.6 Å². The summed E-state index contributed by atoms with van der Waals surface area (Å²) in [5, 5.41) is 13.1. The lowest BCUT2D eigenvalue weighted by Crippen LogP contribution is -2.47. The second kappa shape index (κ2) is 19.9. The smallest absolute Gasteiger partial charge is 0.408 e.